The Labute approximate surface area is 119 Å². The average Bonchev–Trinajstić information content (AvgIpc) is 2.68. The minimum absolute atomic E-state index is 0.136. The molecule has 1 heterocycles. The van der Waals surface area contributed by atoms with Gasteiger partial charge in [-0.15, -0.1) is 0 Å². The molecule has 7 heteroatoms. The van der Waals surface area contributed by atoms with Crippen molar-refractivity contribution >= 4 is 17.3 Å². The molecule has 20 heavy (non-hydrogen) atoms. The number of nitrogens with one attached hydrogen (secondary N) is 1. The number of halogens is 4. The molecule has 2 aromatic rings. The second-order valence-electron chi connectivity index (χ2n) is 4.29. The number of rotatable bonds is 4. The summed E-state index contributed by atoms with van der Waals surface area (Å²) in [7, 11) is 1.73. The molecule has 0 saturated carbocycles. The number of hydrogen-bond acceptors (Lipinski definition) is 2. The van der Waals surface area contributed by atoms with Gasteiger partial charge >= 0.3 is 0 Å². The van der Waals surface area contributed by atoms with E-state index in [1.807, 2.05) is 6.92 Å². The Morgan fingerprint density at radius 3 is 2.35 bits per heavy atom. The van der Waals surface area contributed by atoms with Gasteiger partial charge in [0.15, 0.2) is 17.5 Å². The van der Waals surface area contributed by atoms with Gasteiger partial charge in [-0.1, -0.05) is 18.5 Å². The number of anilines is 1. The van der Waals surface area contributed by atoms with E-state index >= 15 is 0 Å². The number of benzene rings is 1. The standard InChI is InChI=1S/C13H13ClF3N3/c1-3-10-12(14)11(20(2)19-10)6-18-7-4-8(15)13(17)9(16)5-7/h4-5,18H,3,6H2,1-2H3. The van der Waals surface area contributed by atoms with Gasteiger partial charge in [0.1, 0.15) is 0 Å². The Kier molecular flexibility index (Phi) is 4.23. The Balaban J connectivity index is 2.19. The molecule has 1 N–H and O–H groups in total. The maximum Gasteiger partial charge on any atom is 0.194 e. The predicted octanol–water partition coefficient (Wildman–Crippen LogP) is 3.67. The molecule has 2 rings (SSSR count). The van der Waals surface area contributed by atoms with Gasteiger partial charge in [-0.05, 0) is 6.42 Å². The van der Waals surface area contributed by atoms with Gasteiger partial charge in [0.05, 0.1) is 23.0 Å². The summed E-state index contributed by atoms with van der Waals surface area (Å²) in [6, 6.07) is 1.78. The molecule has 3 nitrogen and oxygen atoms in total. The molecule has 1 aromatic carbocycles. The van der Waals surface area contributed by atoms with Gasteiger partial charge in [-0.2, -0.15) is 5.10 Å². The summed E-state index contributed by atoms with van der Waals surface area (Å²) in [5.41, 5.74) is 1.58. The molecule has 0 aliphatic rings. The Morgan fingerprint density at radius 2 is 1.85 bits per heavy atom. The molecule has 1 aromatic heterocycles. The first-order valence-electron chi connectivity index (χ1n) is 6.02. The topological polar surface area (TPSA) is 29.9 Å². The summed E-state index contributed by atoms with van der Waals surface area (Å²) in [5.74, 6) is -3.96. The van der Waals surface area contributed by atoms with Gasteiger partial charge in [-0.3, -0.25) is 4.68 Å². The van der Waals surface area contributed by atoms with E-state index in [1.54, 1.807) is 11.7 Å². The molecule has 0 spiro atoms. The lowest BCUT2D eigenvalue weighted by molar-refractivity contribution is 0.447. The van der Waals surface area contributed by atoms with Crippen molar-refractivity contribution in [3.8, 4) is 0 Å². The minimum Gasteiger partial charge on any atom is -0.379 e. The van der Waals surface area contributed by atoms with Crippen LogP contribution in [0.4, 0.5) is 18.9 Å². The maximum atomic E-state index is 13.1. The van der Waals surface area contributed by atoms with E-state index in [2.05, 4.69) is 10.4 Å². The first-order valence-corrected chi connectivity index (χ1v) is 6.40. The van der Waals surface area contributed by atoms with Crippen molar-refractivity contribution < 1.29 is 13.2 Å². The number of aromatic nitrogens is 2. The van der Waals surface area contributed by atoms with Crippen molar-refractivity contribution in [2.24, 2.45) is 7.05 Å². The number of aryl methyl sites for hydroxylation is 2. The van der Waals surface area contributed by atoms with Crippen LogP contribution in [-0.4, -0.2) is 9.78 Å². The van der Waals surface area contributed by atoms with Crippen LogP contribution < -0.4 is 5.32 Å². The minimum atomic E-state index is -1.48. The monoisotopic (exact) mass is 303 g/mol. The summed E-state index contributed by atoms with van der Waals surface area (Å²) in [5, 5.41) is 7.54. The van der Waals surface area contributed by atoms with Crippen molar-refractivity contribution in [2.75, 3.05) is 5.32 Å². The van der Waals surface area contributed by atoms with Crippen molar-refractivity contribution in [1.29, 1.82) is 0 Å². The van der Waals surface area contributed by atoms with Crippen molar-refractivity contribution in [3.63, 3.8) is 0 Å². The third kappa shape index (κ3) is 2.75. The van der Waals surface area contributed by atoms with Crippen LogP contribution in [0, 0.1) is 17.5 Å². The molecule has 0 radical (unpaired) electrons. The van der Waals surface area contributed by atoms with Crippen LogP contribution in [0.25, 0.3) is 0 Å². The number of nitrogens with zero attached hydrogens (tertiary/aromatic N) is 2. The number of hydrogen-bond donors (Lipinski definition) is 1. The highest BCUT2D eigenvalue weighted by Gasteiger charge is 2.14. The summed E-state index contributed by atoms with van der Waals surface area (Å²) < 4.78 is 40.6. The molecule has 0 fully saturated rings. The zero-order valence-electron chi connectivity index (χ0n) is 11.0. The van der Waals surface area contributed by atoms with E-state index in [1.165, 1.54) is 0 Å². The van der Waals surface area contributed by atoms with E-state index in [0.717, 1.165) is 17.8 Å². The highest BCUT2D eigenvalue weighted by Crippen LogP contribution is 2.23. The van der Waals surface area contributed by atoms with E-state index in [9.17, 15) is 13.2 Å². The average molecular weight is 304 g/mol. The first kappa shape index (κ1) is 14.7. The third-order valence-electron chi connectivity index (χ3n) is 2.95. The van der Waals surface area contributed by atoms with Crippen LogP contribution >= 0.6 is 11.6 Å². The van der Waals surface area contributed by atoms with Crippen LogP contribution in [0.3, 0.4) is 0 Å². The zero-order chi connectivity index (χ0) is 14.9. The smallest absolute Gasteiger partial charge is 0.194 e. The molecule has 108 valence electrons. The molecule has 0 aliphatic heterocycles. The molecular weight excluding hydrogens is 291 g/mol. The quantitative estimate of drug-likeness (QED) is 0.874. The second kappa shape index (κ2) is 5.75. The van der Waals surface area contributed by atoms with E-state index in [-0.39, 0.29) is 12.2 Å². The highest BCUT2D eigenvalue weighted by atomic mass is 35.5. The normalized spacial score (nSPS) is 10.9. The lowest BCUT2D eigenvalue weighted by atomic mass is 10.2. The van der Waals surface area contributed by atoms with Crippen LogP contribution in [0.15, 0.2) is 12.1 Å². The fraction of sp³-hybridized carbons (Fsp3) is 0.308. The van der Waals surface area contributed by atoms with Crippen LogP contribution in [0.1, 0.15) is 18.3 Å². The van der Waals surface area contributed by atoms with Crippen LogP contribution in [0.2, 0.25) is 5.02 Å². The van der Waals surface area contributed by atoms with Gasteiger partial charge in [0, 0.05) is 24.9 Å². The van der Waals surface area contributed by atoms with E-state index in [4.69, 9.17) is 11.6 Å². The first-order chi connectivity index (χ1) is 9.43. The van der Waals surface area contributed by atoms with Crippen molar-refractivity contribution in [1.82, 2.24) is 9.78 Å². The Morgan fingerprint density at radius 1 is 1.25 bits per heavy atom. The molecule has 0 unspecified atom stereocenters. The highest BCUT2D eigenvalue weighted by molar-refractivity contribution is 6.31. The summed E-state index contributed by atoms with van der Waals surface area (Å²) in [6.07, 6.45) is 0.687. The largest absolute Gasteiger partial charge is 0.379 e. The SMILES string of the molecule is CCc1nn(C)c(CNc2cc(F)c(F)c(F)c2)c1Cl. The fourth-order valence-corrected chi connectivity index (χ4v) is 2.22. The van der Waals surface area contributed by atoms with Crippen molar-refractivity contribution in [3.05, 3.63) is 46.0 Å². The molecule has 0 saturated heterocycles. The fourth-order valence-electron chi connectivity index (χ4n) is 1.86. The second-order valence-corrected chi connectivity index (χ2v) is 4.67. The third-order valence-corrected chi connectivity index (χ3v) is 3.38. The van der Waals surface area contributed by atoms with Gasteiger partial charge < -0.3 is 5.32 Å². The predicted molar refractivity (Wildman–Crippen MR) is 71.2 cm³/mol. The van der Waals surface area contributed by atoms with E-state index < -0.39 is 17.5 Å². The molecule has 0 bridgehead atoms. The lowest BCUT2D eigenvalue weighted by Crippen LogP contribution is -2.07. The summed E-state index contributed by atoms with van der Waals surface area (Å²) in [6.45, 7) is 2.16. The van der Waals surface area contributed by atoms with Gasteiger partial charge in [-0.25, -0.2) is 13.2 Å². The zero-order valence-corrected chi connectivity index (χ0v) is 11.7. The summed E-state index contributed by atoms with van der Waals surface area (Å²) in [4.78, 5) is 0. The maximum absolute atomic E-state index is 13.1. The Hall–Kier alpha value is -1.69. The molecule has 0 amide bonds. The van der Waals surface area contributed by atoms with Crippen LogP contribution in [-0.2, 0) is 20.0 Å². The molecule has 0 aliphatic carbocycles. The Bertz CT molecular complexity index is 617. The van der Waals surface area contributed by atoms with Gasteiger partial charge in [0.25, 0.3) is 0 Å². The lowest BCUT2D eigenvalue weighted by Gasteiger charge is -2.08. The molecule has 0 atom stereocenters. The molecular formula is C13H13ClF3N3. The summed E-state index contributed by atoms with van der Waals surface area (Å²) >= 11 is 6.15. The van der Waals surface area contributed by atoms with Crippen LogP contribution in [0.5, 0.6) is 0 Å². The van der Waals surface area contributed by atoms with Gasteiger partial charge in [0.2, 0.25) is 0 Å². The van der Waals surface area contributed by atoms with E-state index in [0.29, 0.717) is 17.1 Å². The van der Waals surface area contributed by atoms with Crippen molar-refractivity contribution in [2.45, 2.75) is 19.9 Å².